The van der Waals surface area contributed by atoms with Gasteiger partial charge in [0.1, 0.15) is 30.2 Å². The zero-order valence-electron chi connectivity index (χ0n) is 20.1. The van der Waals surface area contributed by atoms with E-state index in [9.17, 15) is 39.0 Å². The molecule has 8 N–H and O–H groups in total. The van der Waals surface area contributed by atoms with Gasteiger partial charge < -0.3 is 42.1 Å². The van der Waals surface area contributed by atoms with Crippen LogP contribution in [0.15, 0.2) is 0 Å². The van der Waals surface area contributed by atoms with Crippen LogP contribution in [0.2, 0.25) is 0 Å². The minimum absolute atomic E-state index is 0.168. The molecule has 0 aromatic rings. The van der Waals surface area contributed by atoms with Gasteiger partial charge in [0.2, 0.25) is 35.4 Å². The second kappa shape index (κ2) is 14.9. The molecule has 0 aromatic heterocycles. The zero-order chi connectivity index (χ0) is 27.6. The maximum Gasteiger partial charge on any atom is 0.245 e. The summed E-state index contributed by atoms with van der Waals surface area (Å²) in [6, 6.07) is -6.63. The lowest BCUT2D eigenvalue weighted by molar-refractivity contribution is -0.137. The molecular formula is C20H34N6O8S2. The van der Waals surface area contributed by atoms with Crippen LogP contribution >= 0.6 is 25.3 Å². The van der Waals surface area contributed by atoms with Crippen LogP contribution < -0.4 is 31.9 Å². The van der Waals surface area contributed by atoms with Crippen molar-refractivity contribution in [3.05, 3.63) is 0 Å². The Bertz CT molecular complexity index is 843. The molecule has 16 heteroatoms. The fourth-order valence-electron chi connectivity index (χ4n) is 3.09. The van der Waals surface area contributed by atoms with Crippen LogP contribution in [0, 0.1) is 5.92 Å². The third kappa shape index (κ3) is 9.15. The molecule has 14 nitrogen and oxygen atoms in total. The molecule has 0 unspecified atom stereocenters. The first-order valence-corrected chi connectivity index (χ1v) is 12.4. The van der Waals surface area contributed by atoms with E-state index in [0.29, 0.717) is 0 Å². The van der Waals surface area contributed by atoms with Crippen molar-refractivity contribution in [3.63, 3.8) is 0 Å². The van der Waals surface area contributed by atoms with E-state index < -0.39 is 90.8 Å². The van der Waals surface area contributed by atoms with Crippen molar-refractivity contribution in [1.82, 2.24) is 31.9 Å². The quantitative estimate of drug-likeness (QED) is 0.150. The summed E-state index contributed by atoms with van der Waals surface area (Å²) in [4.78, 5) is 75.8. The van der Waals surface area contributed by atoms with Crippen LogP contribution in [0.3, 0.4) is 0 Å². The Morgan fingerprint density at radius 3 is 1.69 bits per heavy atom. The van der Waals surface area contributed by atoms with E-state index >= 15 is 0 Å². The number of nitrogens with one attached hydrogen (secondary N) is 6. The molecule has 1 saturated heterocycles. The van der Waals surface area contributed by atoms with Crippen molar-refractivity contribution in [3.8, 4) is 0 Å². The van der Waals surface area contributed by atoms with Crippen LogP contribution in [0.5, 0.6) is 0 Å². The summed E-state index contributed by atoms with van der Waals surface area (Å²) in [5.74, 6) is -5.84. The molecule has 6 atom stereocenters. The minimum atomic E-state index is -1.50. The van der Waals surface area contributed by atoms with Crippen molar-refractivity contribution in [2.24, 2.45) is 5.92 Å². The number of carbonyl (C=O) groups is 6. The summed E-state index contributed by atoms with van der Waals surface area (Å²) >= 11 is 8.04. The predicted molar refractivity (Wildman–Crippen MR) is 134 cm³/mol. The maximum atomic E-state index is 12.9. The first-order chi connectivity index (χ1) is 16.9. The summed E-state index contributed by atoms with van der Waals surface area (Å²) in [6.07, 6.45) is -1.39. The van der Waals surface area contributed by atoms with Gasteiger partial charge in [-0.3, -0.25) is 28.8 Å². The smallest absolute Gasteiger partial charge is 0.245 e. The summed E-state index contributed by atoms with van der Waals surface area (Å²) < 4.78 is 0. The van der Waals surface area contributed by atoms with Gasteiger partial charge in [0, 0.05) is 11.5 Å². The summed E-state index contributed by atoms with van der Waals surface area (Å²) in [7, 11) is 0. The first kappa shape index (κ1) is 31.5. The van der Waals surface area contributed by atoms with E-state index in [4.69, 9.17) is 0 Å². The Labute approximate surface area is 219 Å². The SMILES string of the molecule is CC(C)[C@@H]1NC(=O)[C@@H](CO)NC(=O)[C@H](CS)NC(=O)CNC(=O)[C@H](CS)NC(=O)[C@H]([C@@H](C)O)NC1=O. The minimum Gasteiger partial charge on any atom is -0.394 e. The Morgan fingerprint density at radius 1 is 0.722 bits per heavy atom. The topological polar surface area (TPSA) is 215 Å². The molecule has 1 fully saturated rings. The summed E-state index contributed by atoms with van der Waals surface area (Å²) in [5, 5.41) is 33.8. The highest BCUT2D eigenvalue weighted by atomic mass is 32.1. The van der Waals surface area contributed by atoms with Gasteiger partial charge in [-0.2, -0.15) is 25.3 Å². The fraction of sp³-hybridized carbons (Fsp3) is 0.700. The summed E-state index contributed by atoms with van der Waals surface area (Å²) in [6.45, 7) is 3.07. The molecule has 1 aliphatic rings. The molecule has 1 heterocycles. The van der Waals surface area contributed by atoms with Crippen molar-refractivity contribution >= 4 is 60.7 Å². The van der Waals surface area contributed by atoms with Crippen LogP contribution in [-0.4, -0.2) is 107 Å². The molecule has 0 saturated carbocycles. The van der Waals surface area contributed by atoms with Crippen LogP contribution in [0.25, 0.3) is 0 Å². The lowest BCUT2D eigenvalue weighted by Gasteiger charge is -2.29. The molecule has 0 radical (unpaired) electrons. The van der Waals surface area contributed by atoms with Crippen molar-refractivity contribution < 1.29 is 39.0 Å². The van der Waals surface area contributed by atoms with Gasteiger partial charge in [-0.1, -0.05) is 13.8 Å². The van der Waals surface area contributed by atoms with E-state index in [1.165, 1.54) is 6.92 Å². The van der Waals surface area contributed by atoms with E-state index in [0.717, 1.165) is 0 Å². The van der Waals surface area contributed by atoms with Gasteiger partial charge in [-0.05, 0) is 12.8 Å². The van der Waals surface area contributed by atoms with Gasteiger partial charge in [0.15, 0.2) is 0 Å². The highest BCUT2D eigenvalue weighted by Gasteiger charge is 2.35. The van der Waals surface area contributed by atoms with Crippen molar-refractivity contribution in [2.45, 2.75) is 57.1 Å². The van der Waals surface area contributed by atoms with Gasteiger partial charge >= 0.3 is 0 Å². The highest BCUT2D eigenvalue weighted by molar-refractivity contribution is 7.80. The summed E-state index contributed by atoms with van der Waals surface area (Å²) in [5.41, 5.74) is 0. The van der Waals surface area contributed by atoms with Gasteiger partial charge in [0.25, 0.3) is 0 Å². The van der Waals surface area contributed by atoms with Crippen LogP contribution in [0.4, 0.5) is 0 Å². The Balaban J connectivity index is 3.35. The zero-order valence-corrected chi connectivity index (χ0v) is 21.9. The number of amides is 6. The van der Waals surface area contributed by atoms with E-state index in [-0.39, 0.29) is 11.5 Å². The lowest BCUT2D eigenvalue weighted by Crippen LogP contribution is -2.63. The average Bonchev–Trinajstić information content (AvgIpc) is 2.82. The standard InChI is InChI=1S/C20H34N6O8S2/c1-8(2)14-19(33)26-15(9(3)28)20(34)24-11(6-35)16(30)21-4-13(29)22-12(7-36)18(32)23-10(5-27)17(31)25-14/h8-12,14-15,27-28,35-36H,4-7H2,1-3H3,(H,21,30)(H,22,29)(H,23,32)(H,24,34)(H,25,31)(H,26,33)/t9-,10-,11+,12+,14+,15+/m1/s1. The molecule has 0 spiro atoms. The van der Waals surface area contributed by atoms with Gasteiger partial charge in [-0.25, -0.2) is 0 Å². The van der Waals surface area contributed by atoms with Crippen LogP contribution in [0.1, 0.15) is 20.8 Å². The number of rotatable bonds is 5. The number of aliphatic hydroxyl groups excluding tert-OH is 2. The monoisotopic (exact) mass is 550 g/mol. The van der Waals surface area contributed by atoms with E-state index in [1.54, 1.807) is 13.8 Å². The molecule has 0 aromatic carbocycles. The highest BCUT2D eigenvalue weighted by Crippen LogP contribution is 2.06. The third-order valence-corrected chi connectivity index (χ3v) is 5.93. The van der Waals surface area contributed by atoms with Gasteiger partial charge in [-0.15, -0.1) is 0 Å². The molecule has 0 bridgehead atoms. The molecule has 1 rings (SSSR count). The Hall–Kier alpha value is -2.56. The number of thiol groups is 2. The Morgan fingerprint density at radius 2 is 1.19 bits per heavy atom. The molecular weight excluding hydrogens is 516 g/mol. The third-order valence-electron chi connectivity index (χ3n) is 5.20. The molecule has 204 valence electrons. The second-order valence-corrected chi connectivity index (χ2v) is 9.20. The average molecular weight is 551 g/mol. The number of aliphatic hydroxyl groups is 2. The van der Waals surface area contributed by atoms with E-state index in [1.807, 2.05) is 0 Å². The lowest BCUT2D eigenvalue weighted by atomic mass is 10.0. The largest absolute Gasteiger partial charge is 0.394 e. The van der Waals surface area contributed by atoms with Crippen LogP contribution in [-0.2, 0) is 28.8 Å². The number of carbonyl (C=O) groups excluding carboxylic acids is 6. The Kier molecular flexibility index (Phi) is 13.0. The molecule has 0 aliphatic carbocycles. The molecule has 36 heavy (non-hydrogen) atoms. The number of hydrogen-bond donors (Lipinski definition) is 10. The van der Waals surface area contributed by atoms with E-state index in [2.05, 4.69) is 57.2 Å². The predicted octanol–water partition coefficient (Wildman–Crippen LogP) is -4.57. The normalized spacial score (nSPS) is 28.5. The second-order valence-electron chi connectivity index (χ2n) is 8.47. The molecule has 6 amide bonds. The van der Waals surface area contributed by atoms with Gasteiger partial charge in [0.05, 0.1) is 19.3 Å². The van der Waals surface area contributed by atoms with Crippen molar-refractivity contribution in [2.75, 3.05) is 24.7 Å². The fourth-order valence-corrected chi connectivity index (χ4v) is 3.60. The van der Waals surface area contributed by atoms with Crippen molar-refractivity contribution in [1.29, 1.82) is 0 Å². The first-order valence-electron chi connectivity index (χ1n) is 11.1. The molecule has 1 aliphatic heterocycles. The number of hydrogen-bond acceptors (Lipinski definition) is 10. The maximum absolute atomic E-state index is 12.9.